The van der Waals surface area contributed by atoms with Gasteiger partial charge in [0, 0.05) is 11.6 Å². The minimum Gasteiger partial charge on any atom is -0.508 e. The van der Waals surface area contributed by atoms with E-state index >= 15 is 0 Å². The number of rotatable bonds is 13. The van der Waals surface area contributed by atoms with E-state index < -0.39 is 0 Å². The lowest BCUT2D eigenvalue weighted by Crippen LogP contribution is -2.01. The molecule has 0 fully saturated rings. The zero-order chi connectivity index (χ0) is 17.6. The van der Waals surface area contributed by atoms with Gasteiger partial charge in [0.15, 0.2) is 0 Å². The normalized spacial score (nSPS) is 11.8. The van der Waals surface area contributed by atoms with Crippen molar-refractivity contribution >= 4 is 5.71 Å². The molecule has 0 atom stereocenters. The smallest absolute Gasteiger partial charge is 0.128 e. The second-order valence-corrected chi connectivity index (χ2v) is 6.53. The molecule has 3 N–H and O–H groups in total. The zero-order valence-electron chi connectivity index (χ0n) is 15.0. The minimum atomic E-state index is -0.0501. The predicted molar refractivity (Wildman–Crippen MR) is 99.2 cm³/mol. The summed E-state index contributed by atoms with van der Waals surface area (Å²) >= 11 is 0. The fraction of sp³-hybridized carbons (Fsp3) is 0.650. The zero-order valence-corrected chi connectivity index (χ0v) is 15.0. The first-order valence-corrected chi connectivity index (χ1v) is 9.42. The molecule has 24 heavy (non-hydrogen) atoms. The van der Waals surface area contributed by atoms with E-state index in [0.29, 0.717) is 17.7 Å². The van der Waals surface area contributed by atoms with Crippen molar-refractivity contribution in [1.82, 2.24) is 0 Å². The molecular weight excluding hydrogens is 302 g/mol. The van der Waals surface area contributed by atoms with Crippen LogP contribution in [0.15, 0.2) is 23.4 Å². The lowest BCUT2D eigenvalue weighted by molar-refractivity contribution is 0.317. The Hall–Kier alpha value is -1.71. The fourth-order valence-electron chi connectivity index (χ4n) is 2.96. The number of hydrogen-bond acceptors (Lipinski definition) is 4. The molecule has 0 saturated carbocycles. The van der Waals surface area contributed by atoms with Gasteiger partial charge in [0.05, 0.1) is 5.71 Å². The number of hydrogen-bond donors (Lipinski definition) is 3. The number of phenolic OH excluding ortho intramolecular Hbond substituents is 2. The van der Waals surface area contributed by atoms with Gasteiger partial charge in [-0.05, 0) is 25.0 Å². The standard InChI is InChI=1S/C20H33NO3/c1-2-3-4-5-6-7-8-9-10-11-12-13-19(21-24)18-15-14-17(22)16-20(18)23/h14-16,22-24H,2-13H2,1H3/b21-19+. The molecule has 4 nitrogen and oxygen atoms in total. The van der Waals surface area contributed by atoms with E-state index in [1.54, 1.807) is 6.07 Å². The summed E-state index contributed by atoms with van der Waals surface area (Å²) in [6, 6.07) is 4.33. The van der Waals surface area contributed by atoms with Crippen molar-refractivity contribution in [3.8, 4) is 11.5 Å². The Balaban J connectivity index is 2.11. The SMILES string of the molecule is CCCCCCCCCCCCC/C(=N\O)c1ccc(O)cc1O. The Morgan fingerprint density at radius 1 is 0.833 bits per heavy atom. The Morgan fingerprint density at radius 3 is 1.88 bits per heavy atom. The molecule has 0 heterocycles. The maximum Gasteiger partial charge on any atom is 0.128 e. The van der Waals surface area contributed by atoms with Gasteiger partial charge in [-0.15, -0.1) is 0 Å². The first-order chi connectivity index (χ1) is 11.7. The van der Waals surface area contributed by atoms with Crippen molar-refractivity contribution < 1.29 is 15.4 Å². The number of phenols is 2. The van der Waals surface area contributed by atoms with Crippen LogP contribution in [0, 0.1) is 0 Å². The predicted octanol–water partition coefficient (Wildman–Crippen LogP) is 5.98. The van der Waals surface area contributed by atoms with Crippen molar-refractivity contribution in [2.24, 2.45) is 5.16 Å². The van der Waals surface area contributed by atoms with Gasteiger partial charge in [0.25, 0.3) is 0 Å². The van der Waals surface area contributed by atoms with Crippen LogP contribution < -0.4 is 0 Å². The molecular formula is C20H33NO3. The summed E-state index contributed by atoms with van der Waals surface area (Å²) < 4.78 is 0. The highest BCUT2D eigenvalue weighted by atomic mass is 16.4. The molecule has 0 aromatic heterocycles. The fourth-order valence-corrected chi connectivity index (χ4v) is 2.96. The Morgan fingerprint density at radius 2 is 1.38 bits per heavy atom. The Kier molecular flexibility index (Phi) is 10.7. The number of oxime groups is 1. The molecule has 0 spiro atoms. The van der Waals surface area contributed by atoms with Crippen molar-refractivity contribution in [2.75, 3.05) is 0 Å². The molecule has 0 aliphatic heterocycles. The summed E-state index contributed by atoms with van der Waals surface area (Å²) in [4.78, 5) is 0. The first-order valence-electron chi connectivity index (χ1n) is 9.42. The molecule has 0 amide bonds. The maximum atomic E-state index is 9.82. The molecule has 0 bridgehead atoms. The third-order valence-corrected chi connectivity index (χ3v) is 4.43. The van der Waals surface area contributed by atoms with Crippen LogP contribution in [0.4, 0.5) is 0 Å². The van der Waals surface area contributed by atoms with Crippen LogP contribution in [0.2, 0.25) is 0 Å². The summed E-state index contributed by atoms with van der Waals surface area (Å²) in [6.45, 7) is 2.25. The van der Waals surface area contributed by atoms with Gasteiger partial charge in [0.2, 0.25) is 0 Å². The summed E-state index contributed by atoms with van der Waals surface area (Å²) in [5, 5.41) is 31.6. The van der Waals surface area contributed by atoms with Crippen molar-refractivity contribution in [3.05, 3.63) is 23.8 Å². The summed E-state index contributed by atoms with van der Waals surface area (Å²) in [5.41, 5.74) is 0.964. The van der Waals surface area contributed by atoms with E-state index in [2.05, 4.69) is 12.1 Å². The number of benzene rings is 1. The molecule has 0 saturated heterocycles. The van der Waals surface area contributed by atoms with Crippen LogP contribution >= 0.6 is 0 Å². The highest BCUT2D eigenvalue weighted by molar-refractivity contribution is 6.02. The van der Waals surface area contributed by atoms with Gasteiger partial charge < -0.3 is 15.4 Å². The van der Waals surface area contributed by atoms with Gasteiger partial charge in [0.1, 0.15) is 11.5 Å². The van der Waals surface area contributed by atoms with Crippen molar-refractivity contribution in [3.63, 3.8) is 0 Å². The third kappa shape index (κ3) is 8.23. The van der Waals surface area contributed by atoms with E-state index in [9.17, 15) is 10.2 Å². The molecule has 1 rings (SSSR count). The lowest BCUT2D eigenvalue weighted by Gasteiger charge is -2.07. The van der Waals surface area contributed by atoms with Gasteiger partial charge >= 0.3 is 0 Å². The summed E-state index contributed by atoms with van der Waals surface area (Å²) in [5.74, 6) is -0.0471. The lowest BCUT2D eigenvalue weighted by atomic mass is 10.0. The van der Waals surface area contributed by atoms with E-state index in [1.807, 2.05) is 0 Å². The monoisotopic (exact) mass is 335 g/mol. The van der Waals surface area contributed by atoms with Crippen LogP contribution in [-0.2, 0) is 0 Å². The van der Waals surface area contributed by atoms with Crippen LogP contribution in [0.5, 0.6) is 11.5 Å². The van der Waals surface area contributed by atoms with Gasteiger partial charge in [-0.1, -0.05) is 76.3 Å². The maximum absolute atomic E-state index is 9.82. The summed E-state index contributed by atoms with van der Waals surface area (Å²) in [6.07, 6.45) is 14.6. The van der Waals surface area contributed by atoms with E-state index in [-0.39, 0.29) is 11.5 Å². The molecule has 0 aliphatic rings. The topological polar surface area (TPSA) is 73.1 Å². The quantitative estimate of drug-likeness (QED) is 0.180. The third-order valence-electron chi connectivity index (χ3n) is 4.43. The summed E-state index contributed by atoms with van der Waals surface area (Å²) in [7, 11) is 0. The van der Waals surface area contributed by atoms with Crippen LogP contribution in [0.25, 0.3) is 0 Å². The number of nitrogens with zero attached hydrogens (tertiary/aromatic N) is 1. The molecule has 136 valence electrons. The minimum absolute atomic E-state index is 0.00299. The Labute approximate surface area is 146 Å². The second-order valence-electron chi connectivity index (χ2n) is 6.53. The average molecular weight is 335 g/mol. The highest BCUT2D eigenvalue weighted by Gasteiger charge is 2.10. The van der Waals surface area contributed by atoms with Crippen LogP contribution in [0.3, 0.4) is 0 Å². The second kappa shape index (κ2) is 12.7. The van der Waals surface area contributed by atoms with E-state index in [1.165, 1.54) is 69.9 Å². The Bertz CT molecular complexity index is 486. The number of aromatic hydroxyl groups is 2. The molecule has 0 unspecified atom stereocenters. The van der Waals surface area contributed by atoms with Crippen molar-refractivity contribution in [1.29, 1.82) is 0 Å². The van der Waals surface area contributed by atoms with Gasteiger partial charge in [-0.2, -0.15) is 0 Å². The van der Waals surface area contributed by atoms with Crippen LogP contribution in [-0.4, -0.2) is 21.1 Å². The van der Waals surface area contributed by atoms with E-state index in [0.717, 1.165) is 12.8 Å². The molecule has 4 heteroatoms. The molecule has 1 aromatic rings. The molecule has 1 aromatic carbocycles. The van der Waals surface area contributed by atoms with Gasteiger partial charge in [-0.3, -0.25) is 0 Å². The highest BCUT2D eigenvalue weighted by Crippen LogP contribution is 2.25. The first kappa shape index (κ1) is 20.3. The van der Waals surface area contributed by atoms with E-state index in [4.69, 9.17) is 5.21 Å². The molecule has 0 aliphatic carbocycles. The van der Waals surface area contributed by atoms with Crippen molar-refractivity contribution in [2.45, 2.75) is 84.0 Å². The molecule has 0 radical (unpaired) electrons. The number of unbranched alkanes of at least 4 members (excludes halogenated alkanes) is 10. The average Bonchev–Trinajstić information content (AvgIpc) is 2.57. The van der Waals surface area contributed by atoms with Crippen LogP contribution in [0.1, 0.15) is 89.5 Å². The van der Waals surface area contributed by atoms with Gasteiger partial charge in [-0.25, -0.2) is 0 Å². The largest absolute Gasteiger partial charge is 0.508 e.